The first-order valence-electron chi connectivity index (χ1n) is 9.35. The van der Waals surface area contributed by atoms with Gasteiger partial charge in [-0.2, -0.15) is 4.31 Å². The molecule has 0 radical (unpaired) electrons. The lowest BCUT2D eigenvalue weighted by molar-refractivity contribution is -0.117. The van der Waals surface area contributed by atoms with Crippen molar-refractivity contribution in [1.29, 1.82) is 0 Å². The number of benzene rings is 2. The molecule has 0 aromatic heterocycles. The van der Waals surface area contributed by atoms with E-state index in [9.17, 15) is 13.2 Å². The van der Waals surface area contributed by atoms with Crippen molar-refractivity contribution >= 4 is 21.6 Å². The van der Waals surface area contributed by atoms with Crippen LogP contribution in [0.3, 0.4) is 0 Å². The van der Waals surface area contributed by atoms with E-state index in [1.165, 1.54) is 11.4 Å². The van der Waals surface area contributed by atoms with Gasteiger partial charge in [0.1, 0.15) is 12.4 Å². The van der Waals surface area contributed by atoms with Gasteiger partial charge in [0.05, 0.1) is 4.90 Å². The van der Waals surface area contributed by atoms with Gasteiger partial charge in [-0.15, -0.1) is 0 Å². The Hall–Kier alpha value is -2.38. The SMILES string of the molecule is Cc1cc(C)cc(OCCN(C)S(=O)(=O)c2ccc(N3CCCC3=O)cc2)c1. The van der Waals surface area contributed by atoms with Crippen molar-refractivity contribution in [3.05, 3.63) is 53.6 Å². The molecular weight excluding hydrogens is 376 g/mol. The van der Waals surface area contributed by atoms with E-state index in [0.717, 1.165) is 29.0 Å². The Balaban J connectivity index is 1.62. The van der Waals surface area contributed by atoms with Gasteiger partial charge >= 0.3 is 0 Å². The van der Waals surface area contributed by atoms with E-state index in [2.05, 4.69) is 6.07 Å². The van der Waals surface area contributed by atoms with Crippen LogP contribution in [0, 0.1) is 13.8 Å². The van der Waals surface area contributed by atoms with Crippen LogP contribution in [0.5, 0.6) is 5.75 Å². The second-order valence-corrected chi connectivity index (χ2v) is 9.19. The number of amides is 1. The fourth-order valence-electron chi connectivity index (χ4n) is 3.33. The maximum atomic E-state index is 12.8. The third-order valence-electron chi connectivity index (χ3n) is 4.80. The Kier molecular flexibility index (Phi) is 6.05. The smallest absolute Gasteiger partial charge is 0.242 e. The van der Waals surface area contributed by atoms with Crippen molar-refractivity contribution in [1.82, 2.24) is 4.31 Å². The first-order valence-corrected chi connectivity index (χ1v) is 10.8. The van der Waals surface area contributed by atoms with Crippen molar-refractivity contribution in [2.24, 2.45) is 0 Å². The third-order valence-corrected chi connectivity index (χ3v) is 6.67. The van der Waals surface area contributed by atoms with Gasteiger partial charge in [-0.3, -0.25) is 4.79 Å². The average Bonchev–Trinajstić information content (AvgIpc) is 3.07. The first kappa shape index (κ1) is 20.4. The van der Waals surface area contributed by atoms with Crippen LogP contribution in [0.4, 0.5) is 5.69 Å². The summed E-state index contributed by atoms with van der Waals surface area (Å²) in [7, 11) is -2.07. The lowest BCUT2D eigenvalue weighted by Crippen LogP contribution is -2.31. The number of carbonyl (C=O) groups excluding carboxylic acids is 1. The van der Waals surface area contributed by atoms with Crippen LogP contribution >= 0.6 is 0 Å². The van der Waals surface area contributed by atoms with Gasteiger partial charge in [0.25, 0.3) is 0 Å². The number of hydrogen-bond donors (Lipinski definition) is 0. The van der Waals surface area contributed by atoms with Crippen LogP contribution in [0.25, 0.3) is 0 Å². The van der Waals surface area contributed by atoms with E-state index in [1.807, 2.05) is 26.0 Å². The molecule has 0 spiro atoms. The molecule has 0 atom stereocenters. The number of likely N-dealkylation sites (N-methyl/N-ethyl adjacent to an activating group) is 1. The number of aryl methyl sites for hydroxylation is 2. The minimum Gasteiger partial charge on any atom is -0.492 e. The number of rotatable bonds is 7. The highest BCUT2D eigenvalue weighted by molar-refractivity contribution is 7.89. The number of sulfonamides is 1. The van der Waals surface area contributed by atoms with Crippen LogP contribution in [-0.2, 0) is 14.8 Å². The Labute approximate surface area is 166 Å². The molecule has 6 nitrogen and oxygen atoms in total. The molecule has 1 amide bonds. The zero-order valence-electron chi connectivity index (χ0n) is 16.5. The average molecular weight is 403 g/mol. The molecule has 0 aliphatic carbocycles. The second-order valence-electron chi connectivity index (χ2n) is 7.14. The molecule has 150 valence electrons. The van der Waals surface area contributed by atoms with E-state index >= 15 is 0 Å². The van der Waals surface area contributed by atoms with Crippen molar-refractivity contribution in [2.45, 2.75) is 31.6 Å². The summed E-state index contributed by atoms with van der Waals surface area (Å²) >= 11 is 0. The second kappa shape index (κ2) is 8.32. The van der Waals surface area contributed by atoms with Crippen molar-refractivity contribution in [2.75, 3.05) is 31.6 Å². The molecule has 1 heterocycles. The standard InChI is InChI=1S/C21H26N2O4S/c1-16-13-17(2)15-19(14-16)27-12-11-22(3)28(25,26)20-8-6-18(7-9-20)23-10-4-5-21(23)24/h6-9,13-15H,4-5,10-12H2,1-3H3. The highest BCUT2D eigenvalue weighted by Gasteiger charge is 2.24. The minimum atomic E-state index is -3.61. The van der Waals surface area contributed by atoms with Crippen LogP contribution < -0.4 is 9.64 Å². The zero-order valence-corrected chi connectivity index (χ0v) is 17.3. The largest absolute Gasteiger partial charge is 0.492 e. The molecule has 2 aromatic carbocycles. The van der Waals surface area contributed by atoms with Gasteiger partial charge < -0.3 is 9.64 Å². The van der Waals surface area contributed by atoms with Gasteiger partial charge in [0, 0.05) is 32.2 Å². The predicted octanol–water partition coefficient (Wildman–Crippen LogP) is 3.13. The molecule has 1 aliphatic heterocycles. The monoisotopic (exact) mass is 402 g/mol. The topological polar surface area (TPSA) is 66.9 Å². The van der Waals surface area contributed by atoms with Gasteiger partial charge in [-0.05, 0) is 67.8 Å². The summed E-state index contributed by atoms with van der Waals surface area (Å²) in [5, 5.41) is 0. The van der Waals surface area contributed by atoms with E-state index in [-0.39, 0.29) is 24.0 Å². The molecular formula is C21H26N2O4S. The lowest BCUT2D eigenvalue weighted by Gasteiger charge is -2.19. The van der Waals surface area contributed by atoms with E-state index < -0.39 is 10.0 Å². The number of anilines is 1. The normalized spacial score (nSPS) is 14.7. The molecule has 0 unspecified atom stereocenters. The molecule has 1 saturated heterocycles. The Morgan fingerprint density at radius 1 is 1.07 bits per heavy atom. The van der Waals surface area contributed by atoms with Crippen LogP contribution in [0.15, 0.2) is 47.4 Å². The molecule has 0 bridgehead atoms. The summed E-state index contributed by atoms with van der Waals surface area (Å²) in [6.07, 6.45) is 1.38. The number of ether oxygens (including phenoxy) is 1. The first-order chi connectivity index (χ1) is 13.3. The summed E-state index contributed by atoms with van der Waals surface area (Å²) in [5.41, 5.74) is 2.95. The summed E-state index contributed by atoms with van der Waals surface area (Å²) in [5.74, 6) is 0.819. The number of carbonyl (C=O) groups is 1. The fourth-order valence-corrected chi connectivity index (χ4v) is 4.48. The van der Waals surface area contributed by atoms with Crippen LogP contribution in [0.2, 0.25) is 0 Å². The van der Waals surface area contributed by atoms with Crippen LogP contribution in [-0.4, -0.2) is 45.4 Å². The van der Waals surface area contributed by atoms with Crippen molar-refractivity contribution < 1.29 is 17.9 Å². The van der Waals surface area contributed by atoms with Gasteiger partial charge in [0.2, 0.25) is 15.9 Å². The summed E-state index contributed by atoms with van der Waals surface area (Å²) in [4.78, 5) is 13.7. The Morgan fingerprint density at radius 2 is 1.71 bits per heavy atom. The fraction of sp³-hybridized carbons (Fsp3) is 0.381. The summed E-state index contributed by atoms with van der Waals surface area (Å²) < 4.78 is 32.5. The third kappa shape index (κ3) is 4.54. The van der Waals surface area contributed by atoms with Crippen LogP contribution in [0.1, 0.15) is 24.0 Å². The van der Waals surface area contributed by atoms with E-state index in [0.29, 0.717) is 13.0 Å². The maximum absolute atomic E-state index is 12.8. The molecule has 1 aliphatic rings. The highest BCUT2D eigenvalue weighted by atomic mass is 32.2. The molecule has 1 fully saturated rings. The molecule has 28 heavy (non-hydrogen) atoms. The van der Waals surface area contributed by atoms with Gasteiger partial charge in [0.15, 0.2) is 0 Å². The Morgan fingerprint density at radius 3 is 2.29 bits per heavy atom. The molecule has 0 saturated carbocycles. The van der Waals surface area contributed by atoms with Crippen molar-refractivity contribution in [3.63, 3.8) is 0 Å². The summed E-state index contributed by atoms with van der Waals surface area (Å²) in [6.45, 7) is 5.17. The van der Waals surface area contributed by atoms with Crippen molar-refractivity contribution in [3.8, 4) is 5.75 Å². The quantitative estimate of drug-likeness (QED) is 0.714. The maximum Gasteiger partial charge on any atom is 0.242 e. The summed E-state index contributed by atoms with van der Waals surface area (Å²) in [6, 6.07) is 12.4. The highest BCUT2D eigenvalue weighted by Crippen LogP contribution is 2.24. The number of nitrogens with zero attached hydrogens (tertiary/aromatic N) is 2. The van der Waals surface area contributed by atoms with E-state index in [1.54, 1.807) is 29.2 Å². The molecule has 2 aromatic rings. The predicted molar refractivity (Wildman–Crippen MR) is 109 cm³/mol. The minimum absolute atomic E-state index is 0.0799. The van der Waals surface area contributed by atoms with Gasteiger partial charge in [-0.1, -0.05) is 6.07 Å². The van der Waals surface area contributed by atoms with Gasteiger partial charge in [-0.25, -0.2) is 8.42 Å². The van der Waals surface area contributed by atoms with E-state index in [4.69, 9.17) is 4.74 Å². The molecule has 7 heteroatoms. The lowest BCUT2D eigenvalue weighted by atomic mass is 10.1. The number of hydrogen-bond acceptors (Lipinski definition) is 4. The molecule has 3 rings (SSSR count). The molecule has 0 N–H and O–H groups in total. The Bertz CT molecular complexity index is 935. The zero-order chi connectivity index (χ0) is 20.3.